The smallest absolute Gasteiger partial charge is 0.303 e. The maximum atomic E-state index is 10.5. The summed E-state index contributed by atoms with van der Waals surface area (Å²) >= 11 is 0. The molecule has 0 aliphatic heterocycles. The second kappa shape index (κ2) is 21.2. The van der Waals surface area contributed by atoms with E-state index in [-0.39, 0.29) is 6.10 Å². The lowest BCUT2D eigenvalue weighted by atomic mass is 10.0. The molecule has 0 saturated heterocycles. The highest BCUT2D eigenvalue weighted by Crippen LogP contribution is 2.15. The molecular formula is C27H56NO3+. The quantitative estimate of drug-likeness (QED) is 0.121. The average molecular weight is 443 g/mol. The summed E-state index contributed by atoms with van der Waals surface area (Å²) in [6, 6.07) is 0. The van der Waals surface area contributed by atoms with Gasteiger partial charge in [0, 0.05) is 6.42 Å². The molecule has 0 heterocycles. The molecule has 4 nitrogen and oxygen atoms in total. The van der Waals surface area contributed by atoms with E-state index in [1.54, 1.807) is 0 Å². The number of nitrogens with zero attached hydrogens (tertiary/aromatic N) is 1. The number of hydrogen-bond acceptors (Lipinski definition) is 2. The SMILES string of the molecule is CCCCCCCCCCCCCCC(O)C[N+](C)(C)CCCCCCCCC(=O)O. The van der Waals surface area contributed by atoms with Gasteiger partial charge in [-0.1, -0.05) is 103 Å². The van der Waals surface area contributed by atoms with Gasteiger partial charge >= 0.3 is 5.97 Å². The Bertz CT molecular complexity index is 398. The van der Waals surface area contributed by atoms with Crippen LogP contribution in [0.1, 0.15) is 135 Å². The monoisotopic (exact) mass is 442 g/mol. The number of quaternary nitrogens is 1. The molecule has 0 aromatic heterocycles. The van der Waals surface area contributed by atoms with Crippen LogP contribution in [-0.4, -0.2) is 54.0 Å². The molecule has 1 unspecified atom stereocenters. The van der Waals surface area contributed by atoms with Crippen molar-refractivity contribution in [2.75, 3.05) is 27.2 Å². The summed E-state index contributed by atoms with van der Waals surface area (Å²) in [7, 11) is 4.47. The third kappa shape index (κ3) is 23.9. The number of carboxylic acids is 1. The van der Waals surface area contributed by atoms with E-state index in [9.17, 15) is 9.90 Å². The Morgan fingerprint density at radius 3 is 1.58 bits per heavy atom. The van der Waals surface area contributed by atoms with Gasteiger partial charge in [0.15, 0.2) is 0 Å². The molecule has 0 saturated carbocycles. The van der Waals surface area contributed by atoms with E-state index in [1.807, 2.05) is 0 Å². The van der Waals surface area contributed by atoms with Gasteiger partial charge in [-0.2, -0.15) is 0 Å². The fourth-order valence-corrected chi connectivity index (χ4v) is 4.50. The highest BCUT2D eigenvalue weighted by atomic mass is 16.4. The summed E-state index contributed by atoms with van der Waals surface area (Å²) < 4.78 is 0.901. The van der Waals surface area contributed by atoms with Crippen LogP contribution in [-0.2, 0) is 4.79 Å². The number of aliphatic hydroxyl groups is 1. The number of carbonyl (C=O) groups is 1. The lowest BCUT2D eigenvalue weighted by Crippen LogP contribution is -2.45. The van der Waals surface area contributed by atoms with Crippen molar-refractivity contribution in [3.8, 4) is 0 Å². The number of hydrogen-bond donors (Lipinski definition) is 2. The van der Waals surface area contributed by atoms with Crippen molar-refractivity contribution in [3.05, 3.63) is 0 Å². The molecule has 0 amide bonds. The van der Waals surface area contributed by atoms with E-state index in [2.05, 4.69) is 21.0 Å². The first kappa shape index (κ1) is 30.4. The number of aliphatic carboxylic acids is 1. The first-order valence-electron chi connectivity index (χ1n) is 13.6. The van der Waals surface area contributed by atoms with Crippen molar-refractivity contribution in [2.24, 2.45) is 0 Å². The fraction of sp³-hybridized carbons (Fsp3) is 0.963. The summed E-state index contributed by atoms with van der Waals surface area (Å²) in [6.45, 7) is 4.25. The van der Waals surface area contributed by atoms with E-state index in [0.717, 1.165) is 49.7 Å². The molecule has 0 bridgehead atoms. The molecule has 0 radical (unpaired) electrons. The summed E-state index contributed by atoms with van der Waals surface area (Å²) in [4.78, 5) is 10.5. The van der Waals surface area contributed by atoms with Gasteiger partial charge in [-0.25, -0.2) is 0 Å². The van der Waals surface area contributed by atoms with Crippen LogP contribution in [0.3, 0.4) is 0 Å². The maximum absolute atomic E-state index is 10.5. The lowest BCUT2D eigenvalue weighted by Gasteiger charge is -2.32. The molecule has 31 heavy (non-hydrogen) atoms. The number of carboxylic acid groups (broad SMARTS) is 1. The van der Waals surface area contributed by atoms with Gasteiger partial charge in [0.2, 0.25) is 0 Å². The van der Waals surface area contributed by atoms with Crippen LogP contribution in [0.4, 0.5) is 0 Å². The van der Waals surface area contributed by atoms with E-state index in [1.165, 1.54) is 89.9 Å². The molecule has 1 atom stereocenters. The third-order valence-electron chi connectivity index (χ3n) is 6.50. The highest BCUT2D eigenvalue weighted by Gasteiger charge is 2.19. The van der Waals surface area contributed by atoms with Gasteiger partial charge in [-0.05, 0) is 25.7 Å². The first-order valence-corrected chi connectivity index (χ1v) is 13.6. The number of rotatable bonds is 24. The van der Waals surface area contributed by atoms with Gasteiger partial charge in [-0.15, -0.1) is 0 Å². The number of likely N-dealkylation sites (N-methyl/N-ethyl adjacent to an activating group) is 1. The van der Waals surface area contributed by atoms with Crippen molar-refractivity contribution in [1.29, 1.82) is 0 Å². The van der Waals surface area contributed by atoms with Crippen molar-refractivity contribution < 1.29 is 19.5 Å². The Hall–Kier alpha value is -0.610. The second-order valence-electron chi connectivity index (χ2n) is 10.4. The molecular weight excluding hydrogens is 386 g/mol. The van der Waals surface area contributed by atoms with E-state index >= 15 is 0 Å². The van der Waals surface area contributed by atoms with Gasteiger partial charge < -0.3 is 14.7 Å². The zero-order valence-electron chi connectivity index (χ0n) is 21.4. The van der Waals surface area contributed by atoms with E-state index < -0.39 is 5.97 Å². The van der Waals surface area contributed by atoms with Crippen LogP contribution >= 0.6 is 0 Å². The zero-order chi connectivity index (χ0) is 23.2. The van der Waals surface area contributed by atoms with Crippen LogP contribution in [0.15, 0.2) is 0 Å². The summed E-state index contributed by atoms with van der Waals surface area (Å²) in [5.74, 6) is -0.680. The molecule has 0 aliphatic carbocycles. The van der Waals surface area contributed by atoms with Gasteiger partial charge in [0.05, 0.1) is 20.6 Å². The Morgan fingerprint density at radius 2 is 1.10 bits per heavy atom. The minimum absolute atomic E-state index is 0.172. The number of unbranched alkanes of at least 4 members (excludes halogenated alkanes) is 16. The molecule has 0 aliphatic rings. The third-order valence-corrected chi connectivity index (χ3v) is 6.50. The second-order valence-corrected chi connectivity index (χ2v) is 10.4. The molecule has 0 aromatic rings. The zero-order valence-corrected chi connectivity index (χ0v) is 21.4. The van der Waals surface area contributed by atoms with Gasteiger partial charge in [0.1, 0.15) is 12.6 Å². The van der Waals surface area contributed by atoms with Crippen molar-refractivity contribution in [2.45, 2.75) is 141 Å². The molecule has 4 heteroatoms. The van der Waals surface area contributed by atoms with Gasteiger partial charge in [-0.3, -0.25) is 4.79 Å². The minimum atomic E-state index is -0.680. The Labute approximate surface area is 194 Å². The normalized spacial score (nSPS) is 12.9. The summed E-state index contributed by atoms with van der Waals surface area (Å²) in [5.41, 5.74) is 0. The van der Waals surface area contributed by atoms with Crippen LogP contribution < -0.4 is 0 Å². The standard InChI is InChI=1S/C27H55NO3/c1-4-5-6-7-8-9-10-11-12-13-16-19-22-26(29)25-28(2,3)24-21-18-15-14-17-20-23-27(30)31/h26,29H,4-25H2,1-3H3/p+1. The molecule has 0 fully saturated rings. The fourth-order valence-electron chi connectivity index (χ4n) is 4.50. The highest BCUT2D eigenvalue weighted by molar-refractivity contribution is 5.66. The van der Waals surface area contributed by atoms with Gasteiger partial charge in [0.25, 0.3) is 0 Å². The average Bonchev–Trinajstić information content (AvgIpc) is 2.70. The van der Waals surface area contributed by atoms with Crippen LogP contribution in [0.25, 0.3) is 0 Å². The van der Waals surface area contributed by atoms with Crippen molar-refractivity contribution in [1.82, 2.24) is 0 Å². The topological polar surface area (TPSA) is 57.5 Å². The van der Waals surface area contributed by atoms with Crippen molar-refractivity contribution in [3.63, 3.8) is 0 Å². The Balaban J connectivity index is 3.48. The van der Waals surface area contributed by atoms with E-state index in [4.69, 9.17) is 5.11 Å². The molecule has 0 aromatic carbocycles. The maximum Gasteiger partial charge on any atom is 0.303 e. The van der Waals surface area contributed by atoms with Crippen LogP contribution in [0, 0.1) is 0 Å². The van der Waals surface area contributed by atoms with E-state index in [0.29, 0.717) is 6.42 Å². The lowest BCUT2D eigenvalue weighted by molar-refractivity contribution is -0.893. The molecule has 186 valence electrons. The Kier molecular flexibility index (Phi) is 20.8. The molecule has 0 spiro atoms. The number of aliphatic hydroxyl groups excluding tert-OH is 1. The van der Waals surface area contributed by atoms with Crippen LogP contribution in [0.2, 0.25) is 0 Å². The predicted octanol–water partition coefficient (Wildman–Crippen LogP) is 7.33. The minimum Gasteiger partial charge on any atom is -0.481 e. The summed E-state index contributed by atoms with van der Waals surface area (Å²) in [5, 5.41) is 19.1. The van der Waals surface area contributed by atoms with Crippen LogP contribution in [0.5, 0.6) is 0 Å². The summed E-state index contributed by atoms with van der Waals surface area (Å²) in [6.07, 6.45) is 24.0. The van der Waals surface area contributed by atoms with Crippen molar-refractivity contribution >= 4 is 5.97 Å². The molecule has 2 N–H and O–H groups in total. The molecule has 0 rings (SSSR count). The largest absolute Gasteiger partial charge is 0.481 e. The Morgan fingerprint density at radius 1 is 0.677 bits per heavy atom. The first-order chi connectivity index (χ1) is 14.9. The predicted molar refractivity (Wildman–Crippen MR) is 133 cm³/mol.